The van der Waals surface area contributed by atoms with Crippen molar-refractivity contribution in [3.8, 4) is 0 Å². The molecule has 2 N–H and O–H groups in total. The highest BCUT2D eigenvalue weighted by molar-refractivity contribution is 7.20. The molecule has 2 heterocycles. The second-order valence-corrected chi connectivity index (χ2v) is 8.59. The average Bonchev–Trinajstić information content (AvgIpc) is 3.03. The minimum Gasteiger partial charge on any atom is -0.462 e. The van der Waals surface area contributed by atoms with Crippen molar-refractivity contribution in [2.75, 3.05) is 40.0 Å². The molecule has 174 valence electrons. The van der Waals surface area contributed by atoms with E-state index in [2.05, 4.69) is 9.97 Å². The van der Waals surface area contributed by atoms with Crippen molar-refractivity contribution in [2.45, 2.75) is 52.9 Å². The number of aromatic nitrogens is 2. The van der Waals surface area contributed by atoms with E-state index >= 15 is 0 Å². The first-order valence-electron chi connectivity index (χ1n) is 10.5. The molecular weight excluding hydrogens is 422 g/mol. The number of nitrogens with zero attached hydrogens (tertiary/aromatic N) is 2. The van der Waals surface area contributed by atoms with Gasteiger partial charge in [-0.25, -0.2) is 9.78 Å². The normalized spacial score (nSPS) is 12.8. The van der Waals surface area contributed by atoms with Gasteiger partial charge in [0.05, 0.1) is 37.4 Å². The summed E-state index contributed by atoms with van der Waals surface area (Å²) in [6.45, 7) is 9.76. The summed E-state index contributed by atoms with van der Waals surface area (Å²) in [4.78, 5) is 35.2. The fraction of sp³-hybridized carbons (Fsp3) is 0.667. The van der Waals surface area contributed by atoms with Crippen molar-refractivity contribution in [3.05, 3.63) is 26.6 Å². The SMILES string of the molecule is CCOC(=O)c1sc2nc(CN(CCCOC)C[C@H](O)COC(C)C)[nH]c(=O)c2c1C. The summed E-state index contributed by atoms with van der Waals surface area (Å²) in [6.07, 6.45) is 0.138. The van der Waals surface area contributed by atoms with Crippen LogP contribution < -0.4 is 5.56 Å². The molecule has 2 rings (SSSR count). The van der Waals surface area contributed by atoms with E-state index in [1.807, 2.05) is 18.7 Å². The van der Waals surface area contributed by atoms with Gasteiger partial charge >= 0.3 is 5.97 Å². The number of fused-ring (bicyclic) bond motifs is 1. The number of esters is 1. The van der Waals surface area contributed by atoms with E-state index < -0.39 is 12.1 Å². The zero-order valence-electron chi connectivity index (χ0n) is 18.9. The molecule has 0 amide bonds. The topological polar surface area (TPSA) is 114 Å². The highest BCUT2D eigenvalue weighted by Gasteiger charge is 2.21. The van der Waals surface area contributed by atoms with Crippen molar-refractivity contribution in [1.82, 2.24) is 14.9 Å². The number of rotatable bonds is 13. The van der Waals surface area contributed by atoms with Crippen LogP contribution in [0.4, 0.5) is 0 Å². The Bertz CT molecular complexity index is 910. The van der Waals surface area contributed by atoms with E-state index in [0.29, 0.717) is 52.7 Å². The largest absolute Gasteiger partial charge is 0.462 e. The van der Waals surface area contributed by atoms with Crippen LogP contribution in [0.25, 0.3) is 10.2 Å². The number of hydrogen-bond acceptors (Lipinski definition) is 9. The molecule has 0 saturated carbocycles. The number of carbonyl (C=O) groups is 1. The van der Waals surface area contributed by atoms with Crippen LogP contribution in [0.3, 0.4) is 0 Å². The van der Waals surface area contributed by atoms with Crippen LogP contribution in [0.15, 0.2) is 4.79 Å². The Kier molecular flexibility index (Phi) is 10.0. The number of methoxy groups -OCH3 is 1. The molecule has 0 aliphatic rings. The number of aliphatic hydroxyl groups excluding tert-OH is 1. The van der Waals surface area contributed by atoms with E-state index in [1.165, 1.54) is 0 Å². The third kappa shape index (κ3) is 7.36. The van der Waals surface area contributed by atoms with E-state index in [1.54, 1.807) is 21.0 Å². The second kappa shape index (κ2) is 12.3. The predicted octanol–water partition coefficient (Wildman–Crippen LogP) is 2.09. The summed E-state index contributed by atoms with van der Waals surface area (Å²) in [5.41, 5.74) is 0.293. The molecule has 0 aliphatic heterocycles. The smallest absolute Gasteiger partial charge is 0.348 e. The van der Waals surface area contributed by atoms with E-state index in [0.717, 1.165) is 17.8 Å². The maximum atomic E-state index is 12.7. The Labute approximate surface area is 186 Å². The monoisotopic (exact) mass is 455 g/mol. The maximum absolute atomic E-state index is 12.7. The molecule has 2 aromatic rings. The van der Waals surface area contributed by atoms with Gasteiger partial charge in [-0.2, -0.15) is 0 Å². The molecule has 0 fully saturated rings. The molecule has 0 bridgehead atoms. The maximum Gasteiger partial charge on any atom is 0.348 e. The lowest BCUT2D eigenvalue weighted by Crippen LogP contribution is -2.37. The lowest BCUT2D eigenvalue weighted by molar-refractivity contribution is -0.0106. The molecule has 31 heavy (non-hydrogen) atoms. The quantitative estimate of drug-likeness (QED) is 0.349. The molecule has 0 spiro atoms. The van der Waals surface area contributed by atoms with Gasteiger partial charge in [-0.3, -0.25) is 9.69 Å². The summed E-state index contributed by atoms with van der Waals surface area (Å²) < 4.78 is 15.7. The standard InChI is InChI=1S/C21H33N3O6S/c1-6-29-21(27)18-14(4)17-19(26)22-16(23-20(17)31-18)11-24(8-7-9-28-5)10-15(25)12-30-13(2)3/h13,15,25H,6-12H2,1-5H3,(H,22,23,26)/t15-/m0/s1. The van der Waals surface area contributed by atoms with Crippen LogP contribution in [0.5, 0.6) is 0 Å². The minimum atomic E-state index is -0.667. The van der Waals surface area contributed by atoms with Crippen molar-refractivity contribution in [2.24, 2.45) is 0 Å². The lowest BCUT2D eigenvalue weighted by atomic mass is 10.2. The van der Waals surface area contributed by atoms with Crippen molar-refractivity contribution < 1.29 is 24.1 Å². The van der Waals surface area contributed by atoms with Gasteiger partial charge in [0.25, 0.3) is 5.56 Å². The minimum absolute atomic E-state index is 0.0349. The Morgan fingerprint density at radius 1 is 1.35 bits per heavy atom. The third-order valence-corrected chi connectivity index (χ3v) is 5.76. The second-order valence-electron chi connectivity index (χ2n) is 7.59. The number of carbonyl (C=O) groups excluding carboxylic acids is 1. The summed E-state index contributed by atoms with van der Waals surface area (Å²) in [5.74, 6) is 0.0296. The molecule has 1 atom stereocenters. The zero-order valence-corrected chi connectivity index (χ0v) is 19.7. The molecule has 9 nitrogen and oxygen atoms in total. The molecular formula is C21H33N3O6S. The molecule has 0 radical (unpaired) electrons. The summed E-state index contributed by atoms with van der Waals surface area (Å²) in [5, 5.41) is 10.8. The van der Waals surface area contributed by atoms with Gasteiger partial charge in [-0.1, -0.05) is 0 Å². The summed E-state index contributed by atoms with van der Waals surface area (Å²) in [6, 6.07) is 0. The number of nitrogens with one attached hydrogen (secondary N) is 1. The zero-order chi connectivity index (χ0) is 23.0. The third-order valence-electron chi connectivity index (χ3n) is 4.60. The molecule has 2 aromatic heterocycles. The Hall–Kier alpha value is -1.85. The first kappa shape index (κ1) is 25.4. The highest BCUT2D eigenvalue weighted by atomic mass is 32.1. The number of thiophene rings is 1. The number of aryl methyl sites for hydroxylation is 1. The molecule has 10 heteroatoms. The van der Waals surface area contributed by atoms with Crippen LogP contribution in [0.2, 0.25) is 0 Å². The fourth-order valence-corrected chi connectivity index (χ4v) is 4.28. The molecule has 0 aromatic carbocycles. The van der Waals surface area contributed by atoms with Gasteiger partial charge in [0.1, 0.15) is 15.5 Å². The van der Waals surface area contributed by atoms with Crippen molar-refractivity contribution in [1.29, 1.82) is 0 Å². The van der Waals surface area contributed by atoms with Crippen LogP contribution in [-0.4, -0.2) is 78.2 Å². The van der Waals surface area contributed by atoms with E-state index in [4.69, 9.17) is 14.2 Å². The van der Waals surface area contributed by atoms with Crippen molar-refractivity contribution in [3.63, 3.8) is 0 Å². The molecule has 0 saturated heterocycles. The Balaban J connectivity index is 2.23. The van der Waals surface area contributed by atoms with Gasteiger partial charge in [-0.15, -0.1) is 11.3 Å². The summed E-state index contributed by atoms with van der Waals surface area (Å²) in [7, 11) is 1.64. The number of hydrogen-bond donors (Lipinski definition) is 2. The molecule has 0 aliphatic carbocycles. The van der Waals surface area contributed by atoms with Gasteiger partial charge in [0, 0.05) is 26.8 Å². The van der Waals surface area contributed by atoms with Gasteiger partial charge in [0.15, 0.2) is 0 Å². The fourth-order valence-electron chi connectivity index (χ4n) is 3.19. The first-order valence-corrected chi connectivity index (χ1v) is 11.3. The van der Waals surface area contributed by atoms with Gasteiger partial charge in [-0.05, 0) is 39.7 Å². The van der Waals surface area contributed by atoms with Crippen molar-refractivity contribution >= 4 is 27.5 Å². The number of aromatic amines is 1. The van der Waals surface area contributed by atoms with Gasteiger partial charge < -0.3 is 24.3 Å². The van der Waals surface area contributed by atoms with E-state index in [-0.39, 0.29) is 24.9 Å². The Morgan fingerprint density at radius 2 is 2.10 bits per heavy atom. The van der Waals surface area contributed by atoms with Crippen LogP contribution in [-0.2, 0) is 20.8 Å². The van der Waals surface area contributed by atoms with Crippen LogP contribution in [0, 0.1) is 6.92 Å². The first-order chi connectivity index (χ1) is 14.8. The number of aliphatic hydroxyl groups is 1. The molecule has 0 unspecified atom stereocenters. The van der Waals surface area contributed by atoms with Gasteiger partial charge in [0.2, 0.25) is 0 Å². The predicted molar refractivity (Wildman–Crippen MR) is 120 cm³/mol. The van der Waals surface area contributed by atoms with Crippen LogP contribution in [0.1, 0.15) is 48.3 Å². The van der Waals surface area contributed by atoms with E-state index in [9.17, 15) is 14.7 Å². The average molecular weight is 456 g/mol. The highest BCUT2D eigenvalue weighted by Crippen LogP contribution is 2.27. The number of H-pyrrole nitrogens is 1. The number of ether oxygens (including phenoxy) is 3. The van der Waals surface area contributed by atoms with Crippen LogP contribution >= 0.6 is 11.3 Å². The Morgan fingerprint density at radius 3 is 2.74 bits per heavy atom. The summed E-state index contributed by atoms with van der Waals surface area (Å²) >= 11 is 1.16. The lowest BCUT2D eigenvalue weighted by Gasteiger charge is -2.25.